The average molecular weight is 455 g/mol. The van der Waals surface area contributed by atoms with Crippen molar-refractivity contribution in [3.8, 4) is 0 Å². The monoisotopic (exact) mass is 454 g/mol. The van der Waals surface area contributed by atoms with Crippen LogP contribution in [0.1, 0.15) is 25.6 Å². The maximum atomic E-state index is 13.3. The maximum Gasteiger partial charge on any atom is 0.348 e. The summed E-state index contributed by atoms with van der Waals surface area (Å²) in [5.41, 5.74) is 1.08. The number of methoxy groups -OCH3 is 2. The summed E-state index contributed by atoms with van der Waals surface area (Å²) in [6.45, 7) is 3.81. The topological polar surface area (TPSA) is 111 Å². The van der Waals surface area contributed by atoms with Gasteiger partial charge in [-0.1, -0.05) is 12.1 Å². The van der Waals surface area contributed by atoms with E-state index in [1.807, 2.05) is 17.0 Å². The highest BCUT2D eigenvalue weighted by Gasteiger charge is 2.33. The van der Waals surface area contributed by atoms with Gasteiger partial charge in [0, 0.05) is 13.1 Å². The van der Waals surface area contributed by atoms with E-state index in [4.69, 9.17) is 14.2 Å². The third-order valence-electron chi connectivity index (χ3n) is 4.62. The Morgan fingerprint density at radius 3 is 2.37 bits per heavy atom. The summed E-state index contributed by atoms with van der Waals surface area (Å²) < 4.78 is 43.6. The van der Waals surface area contributed by atoms with Crippen molar-refractivity contribution in [1.82, 2.24) is 0 Å². The molecule has 0 spiro atoms. The van der Waals surface area contributed by atoms with E-state index in [2.05, 4.69) is 4.72 Å². The molecule has 1 N–H and O–H groups in total. The van der Waals surface area contributed by atoms with E-state index in [9.17, 15) is 18.0 Å². The molecule has 1 aliphatic heterocycles. The molecule has 2 aromatic rings. The van der Waals surface area contributed by atoms with Crippen molar-refractivity contribution in [2.75, 3.05) is 50.1 Å². The first kappa shape index (κ1) is 22.1. The smallest absolute Gasteiger partial charge is 0.348 e. The lowest BCUT2D eigenvalue weighted by Crippen LogP contribution is -2.36. The molecule has 9 nitrogen and oxygen atoms in total. The number of benzene rings is 1. The van der Waals surface area contributed by atoms with Crippen LogP contribution in [0.2, 0.25) is 0 Å². The number of carbonyl (C=O) groups excluding carboxylic acids is 2. The molecule has 0 unspecified atom stereocenters. The van der Waals surface area contributed by atoms with Crippen molar-refractivity contribution >= 4 is 44.7 Å². The second-order valence-electron chi connectivity index (χ2n) is 6.42. The van der Waals surface area contributed by atoms with Gasteiger partial charge in [-0.3, -0.25) is 4.72 Å². The van der Waals surface area contributed by atoms with Crippen molar-refractivity contribution in [1.29, 1.82) is 0 Å². The Morgan fingerprint density at radius 2 is 1.73 bits per heavy atom. The summed E-state index contributed by atoms with van der Waals surface area (Å²) in [7, 11) is -1.87. The van der Waals surface area contributed by atoms with Crippen LogP contribution < -0.4 is 9.62 Å². The molecule has 0 atom stereocenters. The van der Waals surface area contributed by atoms with E-state index in [1.54, 1.807) is 12.1 Å². The minimum Gasteiger partial charge on any atom is -0.465 e. The molecule has 0 aliphatic carbocycles. The Bertz CT molecular complexity index is 1060. The predicted molar refractivity (Wildman–Crippen MR) is 112 cm³/mol. The molecule has 0 bridgehead atoms. The van der Waals surface area contributed by atoms with Gasteiger partial charge < -0.3 is 19.1 Å². The number of nitrogens with one attached hydrogen (secondary N) is 1. The summed E-state index contributed by atoms with van der Waals surface area (Å²) in [5.74, 6) is -1.57. The molecule has 0 radical (unpaired) electrons. The maximum absolute atomic E-state index is 13.3. The zero-order valence-electron chi connectivity index (χ0n) is 16.8. The number of sulfonamides is 1. The predicted octanol–water partition coefficient (Wildman–Crippen LogP) is 2.27. The molecule has 3 rings (SSSR count). The van der Waals surface area contributed by atoms with Crippen LogP contribution in [0.5, 0.6) is 0 Å². The zero-order chi connectivity index (χ0) is 21.9. The van der Waals surface area contributed by atoms with Crippen LogP contribution in [0.3, 0.4) is 0 Å². The van der Waals surface area contributed by atoms with Gasteiger partial charge in [-0.2, -0.15) is 0 Å². The molecule has 0 saturated carbocycles. The summed E-state index contributed by atoms with van der Waals surface area (Å²) in [6.07, 6.45) is 0. The van der Waals surface area contributed by atoms with Crippen LogP contribution in [-0.2, 0) is 24.2 Å². The summed E-state index contributed by atoms with van der Waals surface area (Å²) in [6, 6.07) is 6.97. The molecular weight excluding hydrogens is 432 g/mol. The normalized spacial score (nSPS) is 14.3. The van der Waals surface area contributed by atoms with E-state index in [1.165, 1.54) is 14.0 Å². The number of ether oxygens (including phenoxy) is 3. The minimum atomic E-state index is -4.20. The average Bonchev–Trinajstić information content (AvgIpc) is 3.11. The van der Waals surface area contributed by atoms with Gasteiger partial charge in [0.1, 0.15) is 4.88 Å². The molecule has 1 aromatic carbocycles. The second-order valence-corrected chi connectivity index (χ2v) is 9.32. The van der Waals surface area contributed by atoms with Crippen molar-refractivity contribution < 1.29 is 32.2 Å². The number of anilines is 2. The molecule has 162 valence electrons. The highest BCUT2D eigenvalue weighted by molar-refractivity contribution is 7.94. The molecule has 0 amide bonds. The van der Waals surface area contributed by atoms with E-state index >= 15 is 0 Å². The Morgan fingerprint density at radius 1 is 1.10 bits per heavy atom. The summed E-state index contributed by atoms with van der Waals surface area (Å²) in [5, 5.41) is 0. The molecule has 2 heterocycles. The van der Waals surface area contributed by atoms with E-state index in [0.717, 1.165) is 7.11 Å². The number of morpholine rings is 1. The quantitative estimate of drug-likeness (QED) is 0.662. The van der Waals surface area contributed by atoms with Gasteiger partial charge in [-0.25, -0.2) is 18.0 Å². The highest BCUT2D eigenvalue weighted by atomic mass is 32.2. The largest absolute Gasteiger partial charge is 0.465 e. The molecule has 11 heteroatoms. The zero-order valence-corrected chi connectivity index (χ0v) is 18.4. The Hall–Kier alpha value is -2.63. The highest BCUT2D eigenvalue weighted by Crippen LogP contribution is 2.36. The number of para-hydroxylation sites is 2. The van der Waals surface area contributed by atoms with Gasteiger partial charge in [0.15, 0.2) is 4.21 Å². The van der Waals surface area contributed by atoms with E-state index < -0.39 is 22.0 Å². The number of carbonyl (C=O) groups is 2. The first-order valence-corrected chi connectivity index (χ1v) is 11.3. The van der Waals surface area contributed by atoms with Gasteiger partial charge >= 0.3 is 11.9 Å². The van der Waals surface area contributed by atoms with Gasteiger partial charge in [0.2, 0.25) is 0 Å². The molecule has 30 heavy (non-hydrogen) atoms. The third kappa shape index (κ3) is 4.27. The lowest BCUT2D eigenvalue weighted by Gasteiger charge is -2.30. The standard InChI is InChI=1S/C19H22N2O7S2/c1-12-15(17(22)26-2)19(29-16(12)18(23)27-3)30(24,25)20-13-6-4-5-7-14(13)21-8-10-28-11-9-21/h4-7,20H,8-11H2,1-3H3. The van der Waals surface area contributed by atoms with Gasteiger partial charge in [-0.15, -0.1) is 11.3 Å². The van der Waals surface area contributed by atoms with Gasteiger partial charge in [0.25, 0.3) is 10.0 Å². The van der Waals surface area contributed by atoms with Crippen LogP contribution >= 0.6 is 11.3 Å². The SMILES string of the molecule is COC(=O)c1sc(S(=O)(=O)Nc2ccccc2N2CCOCC2)c(C(=O)OC)c1C. The van der Waals surface area contributed by atoms with Crippen molar-refractivity contribution in [3.05, 3.63) is 40.3 Å². The number of thiophene rings is 1. The number of nitrogens with zero attached hydrogens (tertiary/aromatic N) is 1. The Labute approximate surface area is 178 Å². The Balaban J connectivity index is 2.05. The fraction of sp³-hybridized carbons (Fsp3) is 0.368. The summed E-state index contributed by atoms with van der Waals surface area (Å²) in [4.78, 5) is 26.4. The molecule has 1 aliphatic rings. The summed E-state index contributed by atoms with van der Waals surface area (Å²) >= 11 is 0.671. The van der Waals surface area contributed by atoms with Gasteiger partial charge in [0.05, 0.1) is 44.4 Å². The van der Waals surface area contributed by atoms with Crippen LogP contribution in [0.25, 0.3) is 0 Å². The second kappa shape index (κ2) is 9.02. The lowest BCUT2D eigenvalue weighted by molar-refractivity contribution is 0.0596. The molecular formula is C19H22N2O7S2. The van der Waals surface area contributed by atoms with Crippen molar-refractivity contribution in [3.63, 3.8) is 0 Å². The lowest BCUT2D eigenvalue weighted by atomic mass is 10.2. The van der Waals surface area contributed by atoms with E-state index in [-0.39, 0.29) is 20.2 Å². The fourth-order valence-electron chi connectivity index (χ4n) is 3.13. The Kier molecular flexibility index (Phi) is 6.64. The third-order valence-corrected chi connectivity index (χ3v) is 7.77. The number of rotatable bonds is 6. The van der Waals surface area contributed by atoms with Crippen molar-refractivity contribution in [2.45, 2.75) is 11.1 Å². The molecule has 1 aromatic heterocycles. The first-order valence-electron chi connectivity index (χ1n) is 9.04. The fourth-order valence-corrected chi connectivity index (χ4v) is 5.95. The van der Waals surface area contributed by atoms with Crippen LogP contribution in [0, 0.1) is 6.92 Å². The van der Waals surface area contributed by atoms with Crippen LogP contribution in [-0.4, -0.2) is 60.9 Å². The van der Waals surface area contributed by atoms with Gasteiger partial charge in [-0.05, 0) is 24.6 Å². The first-order chi connectivity index (χ1) is 14.3. The van der Waals surface area contributed by atoms with Crippen LogP contribution in [0.4, 0.5) is 11.4 Å². The number of esters is 2. The number of hydrogen-bond donors (Lipinski definition) is 1. The minimum absolute atomic E-state index is 0.0275. The molecule has 1 saturated heterocycles. The van der Waals surface area contributed by atoms with E-state index in [0.29, 0.717) is 49.0 Å². The van der Waals surface area contributed by atoms with Crippen molar-refractivity contribution in [2.24, 2.45) is 0 Å². The van der Waals surface area contributed by atoms with Crippen LogP contribution in [0.15, 0.2) is 28.5 Å². The molecule has 1 fully saturated rings. The number of hydrogen-bond acceptors (Lipinski definition) is 9.